The minimum Gasteiger partial charge on any atom is -0.351 e. The van der Waals surface area contributed by atoms with Gasteiger partial charge < -0.3 is 5.32 Å². The van der Waals surface area contributed by atoms with Gasteiger partial charge in [0.2, 0.25) is 15.9 Å². The average molecular weight is 473 g/mol. The molecule has 0 fully saturated rings. The molecule has 4 aromatic rings. The second-order valence-corrected chi connectivity index (χ2v) is 10.4. The smallest absolute Gasteiger partial charge is 0.243 e. The molecule has 0 saturated heterocycles. The van der Waals surface area contributed by atoms with Crippen LogP contribution < -0.4 is 5.32 Å². The van der Waals surface area contributed by atoms with Crippen LogP contribution in [0.15, 0.2) is 95.9 Å². The lowest BCUT2D eigenvalue weighted by atomic mass is 10.0. The summed E-state index contributed by atoms with van der Waals surface area (Å²) in [5.41, 5.74) is 3.82. The van der Waals surface area contributed by atoms with Crippen LogP contribution in [0.4, 0.5) is 0 Å². The highest BCUT2D eigenvalue weighted by atomic mass is 32.2. The van der Waals surface area contributed by atoms with Crippen LogP contribution in [0.5, 0.6) is 0 Å². The van der Waals surface area contributed by atoms with Gasteiger partial charge >= 0.3 is 0 Å². The molecule has 4 aromatic carbocycles. The number of amides is 1. The van der Waals surface area contributed by atoms with Crippen molar-refractivity contribution in [2.45, 2.75) is 31.8 Å². The van der Waals surface area contributed by atoms with Gasteiger partial charge in [0.15, 0.2) is 0 Å². The number of rotatable bonds is 8. The van der Waals surface area contributed by atoms with E-state index in [1.165, 1.54) is 4.31 Å². The predicted octanol–water partition coefficient (Wildman–Crippen LogP) is 4.96. The number of nitrogens with zero attached hydrogens (tertiary/aromatic N) is 1. The minimum absolute atomic E-state index is 0.111. The van der Waals surface area contributed by atoms with Crippen molar-refractivity contribution in [3.8, 4) is 0 Å². The lowest BCUT2D eigenvalue weighted by molar-refractivity contribution is -0.121. The molecule has 0 aliphatic heterocycles. The first-order chi connectivity index (χ1) is 16.3. The van der Waals surface area contributed by atoms with Crippen LogP contribution in [-0.2, 0) is 27.9 Å². The van der Waals surface area contributed by atoms with E-state index in [2.05, 4.69) is 5.32 Å². The minimum atomic E-state index is -3.87. The lowest BCUT2D eigenvalue weighted by Crippen LogP contribution is -2.40. The Bertz CT molecular complexity index is 1410. The monoisotopic (exact) mass is 472 g/mol. The standard InChI is InChI=1S/C28H28N2O3S/c1-21-13-15-26(16-14-21)34(32,33)30(19-23-8-5-7-22(2)17-23)20-28(31)29-18-25-11-6-10-24-9-3-4-12-27(24)25/h3-17H,18-20H2,1-2H3,(H,29,31). The van der Waals surface area contributed by atoms with Crippen LogP contribution in [0.2, 0.25) is 0 Å². The highest BCUT2D eigenvalue weighted by Gasteiger charge is 2.27. The molecule has 0 aliphatic carbocycles. The summed E-state index contributed by atoms with van der Waals surface area (Å²) in [5.74, 6) is -0.351. The van der Waals surface area contributed by atoms with Crippen molar-refractivity contribution in [3.05, 3.63) is 113 Å². The molecule has 4 rings (SSSR count). The number of hydrogen-bond acceptors (Lipinski definition) is 3. The maximum atomic E-state index is 13.5. The molecule has 34 heavy (non-hydrogen) atoms. The largest absolute Gasteiger partial charge is 0.351 e. The second-order valence-electron chi connectivity index (χ2n) is 8.49. The molecule has 0 spiro atoms. The fourth-order valence-electron chi connectivity index (χ4n) is 3.96. The lowest BCUT2D eigenvalue weighted by Gasteiger charge is -2.22. The van der Waals surface area contributed by atoms with Crippen LogP contribution in [0.3, 0.4) is 0 Å². The van der Waals surface area contributed by atoms with Gasteiger partial charge in [0.25, 0.3) is 0 Å². The molecule has 0 aromatic heterocycles. The predicted molar refractivity (Wildman–Crippen MR) is 136 cm³/mol. The number of fused-ring (bicyclic) bond motifs is 1. The van der Waals surface area contributed by atoms with E-state index in [0.717, 1.165) is 33.0 Å². The maximum Gasteiger partial charge on any atom is 0.243 e. The zero-order chi connectivity index (χ0) is 24.1. The van der Waals surface area contributed by atoms with E-state index >= 15 is 0 Å². The van der Waals surface area contributed by atoms with Gasteiger partial charge in [0.1, 0.15) is 0 Å². The van der Waals surface area contributed by atoms with Gasteiger partial charge in [-0.3, -0.25) is 4.79 Å². The van der Waals surface area contributed by atoms with Gasteiger partial charge in [0, 0.05) is 13.1 Å². The van der Waals surface area contributed by atoms with Crippen LogP contribution in [0.1, 0.15) is 22.3 Å². The Morgan fingerprint density at radius 3 is 2.29 bits per heavy atom. The maximum absolute atomic E-state index is 13.5. The highest BCUT2D eigenvalue weighted by molar-refractivity contribution is 7.89. The zero-order valence-corrected chi connectivity index (χ0v) is 20.2. The van der Waals surface area contributed by atoms with Crippen molar-refractivity contribution in [1.82, 2.24) is 9.62 Å². The number of hydrogen-bond donors (Lipinski definition) is 1. The van der Waals surface area contributed by atoms with Crippen molar-refractivity contribution in [2.75, 3.05) is 6.54 Å². The molecule has 5 nitrogen and oxygen atoms in total. The van der Waals surface area contributed by atoms with Crippen molar-refractivity contribution in [2.24, 2.45) is 0 Å². The molecular formula is C28H28N2O3S. The Labute approximate surface area is 201 Å². The third kappa shape index (κ3) is 5.53. The van der Waals surface area contributed by atoms with Crippen molar-refractivity contribution in [1.29, 1.82) is 0 Å². The Morgan fingerprint density at radius 2 is 1.53 bits per heavy atom. The average Bonchev–Trinajstić information content (AvgIpc) is 2.82. The van der Waals surface area contributed by atoms with Crippen LogP contribution >= 0.6 is 0 Å². The zero-order valence-electron chi connectivity index (χ0n) is 19.4. The van der Waals surface area contributed by atoms with Crippen molar-refractivity contribution in [3.63, 3.8) is 0 Å². The SMILES string of the molecule is Cc1ccc(S(=O)(=O)N(CC(=O)NCc2cccc3ccccc23)Cc2cccc(C)c2)cc1. The van der Waals surface area contributed by atoms with Gasteiger partial charge in [-0.1, -0.05) is 90.0 Å². The second kappa shape index (κ2) is 10.2. The van der Waals surface area contributed by atoms with Gasteiger partial charge in [-0.2, -0.15) is 4.31 Å². The van der Waals surface area contributed by atoms with E-state index in [-0.39, 0.29) is 23.9 Å². The van der Waals surface area contributed by atoms with E-state index < -0.39 is 10.0 Å². The first kappa shape index (κ1) is 23.7. The van der Waals surface area contributed by atoms with Crippen molar-refractivity contribution < 1.29 is 13.2 Å². The fourth-order valence-corrected chi connectivity index (χ4v) is 5.34. The topological polar surface area (TPSA) is 66.5 Å². The Hall–Kier alpha value is -3.48. The third-order valence-corrected chi connectivity index (χ3v) is 7.58. The fraction of sp³-hybridized carbons (Fsp3) is 0.179. The summed E-state index contributed by atoms with van der Waals surface area (Å²) in [6.07, 6.45) is 0. The number of carbonyl (C=O) groups excluding carboxylic acids is 1. The third-order valence-electron chi connectivity index (χ3n) is 5.78. The summed E-state index contributed by atoms with van der Waals surface area (Å²) < 4.78 is 28.2. The molecular weight excluding hydrogens is 444 g/mol. The Balaban J connectivity index is 1.55. The number of aryl methyl sites for hydroxylation is 2. The van der Waals surface area contributed by atoms with Gasteiger partial charge in [-0.05, 0) is 47.9 Å². The molecule has 6 heteroatoms. The van der Waals surface area contributed by atoms with Crippen molar-refractivity contribution >= 4 is 26.7 Å². The molecule has 0 unspecified atom stereocenters. The summed E-state index contributed by atoms with van der Waals surface area (Å²) >= 11 is 0. The Kier molecular flexibility index (Phi) is 7.10. The van der Waals surface area contributed by atoms with Crippen LogP contribution in [-0.4, -0.2) is 25.2 Å². The summed E-state index contributed by atoms with van der Waals surface area (Å²) in [4.78, 5) is 13.1. The quantitative estimate of drug-likeness (QED) is 0.394. The molecule has 0 radical (unpaired) electrons. The van der Waals surface area contributed by atoms with E-state index in [9.17, 15) is 13.2 Å². The molecule has 0 saturated carbocycles. The van der Waals surface area contributed by atoms with E-state index in [1.54, 1.807) is 24.3 Å². The van der Waals surface area contributed by atoms with E-state index in [4.69, 9.17) is 0 Å². The first-order valence-electron chi connectivity index (χ1n) is 11.2. The molecule has 1 amide bonds. The number of sulfonamides is 1. The molecule has 0 atom stereocenters. The van der Waals surface area contributed by atoms with Crippen LogP contribution in [0, 0.1) is 13.8 Å². The number of nitrogens with one attached hydrogen (secondary N) is 1. The number of benzene rings is 4. The highest BCUT2D eigenvalue weighted by Crippen LogP contribution is 2.20. The normalized spacial score (nSPS) is 11.6. The first-order valence-corrected chi connectivity index (χ1v) is 12.6. The summed E-state index contributed by atoms with van der Waals surface area (Å²) in [5, 5.41) is 5.07. The molecule has 0 heterocycles. The Morgan fingerprint density at radius 1 is 0.824 bits per heavy atom. The summed E-state index contributed by atoms with van der Waals surface area (Å²) in [7, 11) is -3.87. The summed E-state index contributed by atoms with van der Waals surface area (Å²) in [6, 6.07) is 28.3. The molecule has 0 bridgehead atoms. The number of carbonyl (C=O) groups is 1. The molecule has 0 aliphatic rings. The molecule has 174 valence electrons. The van der Waals surface area contributed by atoms with Gasteiger partial charge in [-0.25, -0.2) is 8.42 Å². The van der Waals surface area contributed by atoms with Crippen LogP contribution in [0.25, 0.3) is 10.8 Å². The van der Waals surface area contributed by atoms with Gasteiger partial charge in [0.05, 0.1) is 11.4 Å². The van der Waals surface area contributed by atoms with E-state index in [0.29, 0.717) is 6.54 Å². The van der Waals surface area contributed by atoms with E-state index in [1.807, 2.05) is 80.6 Å². The molecule has 1 N–H and O–H groups in total. The van der Waals surface area contributed by atoms with Gasteiger partial charge in [-0.15, -0.1) is 0 Å². The summed E-state index contributed by atoms with van der Waals surface area (Å²) in [6.45, 7) is 4.03.